The summed E-state index contributed by atoms with van der Waals surface area (Å²) in [5.41, 5.74) is 6.13. The fraction of sp³-hybridized carbons (Fsp3) is 0.250. The van der Waals surface area contributed by atoms with Gasteiger partial charge in [0.05, 0.1) is 24.4 Å². The van der Waals surface area contributed by atoms with Gasteiger partial charge < -0.3 is 19.4 Å². The highest BCUT2D eigenvalue weighted by Gasteiger charge is 2.29. The molecule has 0 unspecified atom stereocenters. The van der Waals surface area contributed by atoms with Crippen LogP contribution in [0, 0.1) is 5.92 Å². The molecular formula is C32H30N4O3. The molecule has 0 atom stereocenters. The molecule has 39 heavy (non-hydrogen) atoms. The minimum absolute atomic E-state index is 0.257. The van der Waals surface area contributed by atoms with Crippen molar-refractivity contribution in [1.82, 2.24) is 19.5 Å². The van der Waals surface area contributed by atoms with Crippen LogP contribution in [-0.2, 0) is 24.3 Å². The van der Waals surface area contributed by atoms with E-state index in [0.717, 1.165) is 60.7 Å². The molecule has 0 spiro atoms. The Kier molecular flexibility index (Phi) is 5.65. The van der Waals surface area contributed by atoms with Crippen LogP contribution in [0.2, 0.25) is 0 Å². The number of H-pyrrole nitrogens is 1. The van der Waals surface area contributed by atoms with E-state index in [2.05, 4.69) is 53.7 Å². The van der Waals surface area contributed by atoms with Crippen molar-refractivity contribution in [3.63, 3.8) is 0 Å². The van der Waals surface area contributed by atoms with Crippen molar-refractivity contribution >= 4 is 44.2 Å². The zero-order chi connectivity index (χ0) is 26.5. The van der Waals surface area contributed by atoms with Crippen LogP contribution in [0.5, 0.6) is 5.75 Å². The first-order valence-electron chi connectivity index (χ1n) is 13.5. The number of benzene rings is 3. The quantitative estimate of drug-likeness (QED) is 0.253. The molecule has 0 radical (unpaired) electrons. The van der Waals surface area contributed by atoms with Crippen molar-refractivity contribution in [1.29, 1.82) is 0 Å². The summed E-state index contributed by atoms with van der Waals surface area (Å²) in [6.45, 7) is 6.20. The maximum absolute atomic E-state index is 13.1. The minimum Gasteiger partial charge on any atom is -0.491 e. The average molecular weight is 519 g/mol. The van der Waals surface area contributed by atoms with Gasteiger partial charge >= 0.3 is 6.09 Å². The Morgan fingerprint density at radius 3 is 2.67 bits per heavy atom. The van der Waals surface area contributed by atoms with Crippen LogP contribution in [-0.4, -0.2) is 38.7 Å². The van der Waals surface area contributed by atoms with Gasteiger partial charge in [0, 0.05) is 51.8 Å². The number of nitrogens with zero attached hydrogens (tertiary/aromatic N) is 3. The second-order valence-electron chi connectivity index (χ2n) is 10.7. The third-order valence-corrected chi connectivity index (χ3v) is 7.54. The molecule has 3 aromatic heterocycles. The number of aromatic amines is 1. The number of aromatic nitrogens is 3. The SMILES string of the molecule is CC(C)COc1cccc2c3c4cc[nH]c4ccc3c3c4c(nn3c12)CCN(C(=O)OCc1ccccc1)C4. The number of pyridine rings is 1. The molecule has 7 rings (SSSR count). The first-order chi connectivity index (χ1) is 19.1. The molecule has 0 aliphatic carbocycles. The van der Waals surface area contributed by atoms with Gasteiger partial charge in [-0.05, 0) is 29.7 Å². The number of hydrogen-bond acceptors (Lipinski definition) is 4. The van der Waals surface area contributed by atoms with Gasteiger partial charge in [-0.25, -0.2) is 9.31 Å². The number of carbonyl (C=O) groups excluding carboxylic acids is 1. The van der Waals surface area contributed by atoms with Crippen LogP contribution >= 0.6 is 0 Å². The van der Waals surface area contributed by atoms with E-state index >= 15 is 0 Å². The summed E-state index contributed by atoms with van der Waals surface area (Å²) in [5.74, 6) is 1.22. The first-order valence-corrected chi connectivity index (χ1v) is 13.5. The largest absolute Gasteiger partial charge is 0.491 e. The van der Waals surface area contributed by atoms with E-state index in [-0.39, 0.29) is 12.7 Å². The third-order valence-electron chi connectivity index (χ3n) is 7.54. The number of amides is 1. The van der Waals surface area contributed by atoms with E-state index in [1.807, 2.05) is 42.6 Å². The molecule has 1 aliphatic rings. The number of hydrogen-bond donors (Lipinski definition) is 1. The fourth-order valence-corrected chi connectivity index (χ4v) is 5.71. The topological polar surface area (TPSA) is 71.9 Å². The van der Waals surface area contributed by atoms with Crippen LogP contribution in [0.1, 0.15) is 30.7 Å². The van der Waals surface area contributed by atoms with Gasteiger partial charge in [0.25, 0.3) is 0 Å². The van der Waals surface area contributed by atoms with Gasteiger partial charge in [0.1, 0.15) is 17.9 Å². The predicted molar refractivity (Wildman–Crippen MR) is 153 cm³/mol. The smallest absolute Gasteiger partial charge is 0.410 e. The number of rotatable bonds is 5. The van der Waals surface area contributed by atoms with E-state index in [1.165, 1.54) is 0 Å². The van der Waals surface area contributed by atoms with Gasteiger partial charge in [-0.1, -0.05) is 62.4 Å². The van der Waals surface area contributed by atoms with Crippen molar-refractivity contribution in [3.05, 3.63) is 89.7 Å². The Labute approximate surface area is 225 Å². The van der Waals surface area contributed by atoms with Crippen LogP contribution in [0.15, 0.2) is 72.9 Å². The summed E-state index contributed by atoms with van der Waals surface area (Å²) in [4.78, 5) is 18.3. The molecule has 7 heteroatoms. The second-order valence-corrected chi connectivity index (χ2v) is 10.7. The van der Waals surface area contributed by atoms with Crippen LogP contribution < -0.4 is 4.74 Å². The first kappa shape index (κ1) is 23.6. The summed E-state index contributed by atoms with van der Waals surface area (Å²) in [7, 11) is 0. The van der Waals surface area contributed by atoms with Gasteiger partial charge in [-0.2, -0.15) is 5.10 Å². The lowest BCUT2D eigenvalue weighted by Gasteiger charge is -2.26. The highest BCUT2D eigenvalue weighted by atomic mass is 16.6. The lowest BCUT2D eigenvalue weighted by atomic mass is 9.98. The molecule has 3 aromatic carbocycles. The second kappa shape index (κ2) is 9.34. The molecule has 1 aliphatic heterocycles. The molecule has 0 saturated carbocycles. The van der Waals surface area contributed by atoms with Gasteiger partial charge in [0.15, 0.2) is 0 Å². The zero-order valence-corrected chi connectivity index (χ0v) is 22.1. The Balaban J connectivity index is 1.38. The van der Waals surface area contributed by atoms with Gasteiger partial charge in [-0.3, -0.25) is 0 Å². The highest BCUT2D eigenvalue weighted by Crippen LogP contribution is 2.40. The zero-order valence-electron chi connectivity index (χ0n) is 22.1. The van der Waals surface area contributed by atoms with Crippen molar-refractivity contribution in [3.8, 4) is 5.75 Å². The van der Waals surface area contributed by atoms with E-state index in [1.54, 1.807) is 4.90 Å². The molecule has 7 nitrogen and oxygen atoms in total. The van der Waals surface area contributed by atoms with E-state index in [0.29, 0.717) is 32.0 Å². The van der Waals surface area contributed by atoms with Crippen LogP contribution in [0.4, 0.5) is 4.79 Å². The monoisotopic (exact) mass is 518 g/mol. The Bertz CT molecular complexity index is 1850. The Morgan fingerprint density at radius 2 is 1.82 bits per heavy atom. The molecule has 6 aromatic rings. The Hall–Kier alpha value is -4.52. The molecular weight excluding hydrogens is 488 g/mol. The van der Waals surface area contributed by atoms with Crippen LogP contribution in [0.3, 0.4) is 0 Å². The van der Waals surface area contributed by atoms with Gasteiger partial charge in [-0.15, -0.1) is 0 Å². The number of para-hydroxylation sites is 1. The third kappa shape index (κ3) is 3.96. The summed E-state index contributed by atoms with van der Waals surface area (Å²) < 4.78 is 14.1. The molecule has 0 saturated heterocycles. The number of carbonyl (C=O) groups is 1. The molecule has 1 amide bonds. The standard InChI is InChI=1S/C32H30N4O3/c1-20(2)18-38-28-10-6-9-23-29-22-13-15-33-26(22)12-11-24(29)30-25-17-35(16-14-27(25)34-36(30)31(23)28)32(37)39-19-21-7-4-3-5-8-21/h3-13,15,20,33H,14,16-19H2,1-2H3. The normalized spacial score (nSPS) is 13.6. The number of ether oxygens (including phenoxy) is 2. The minimum atomic E-state index is -0.303. The lowest BCUT2D eigenvalue weighted by molar-refractivity contribution is 0.0919. The van der Waals surface area contributed by atoms with E-state index in [4.69, 9.17) is 14.6 Å². The van der Waals surface area contributed by atoms with Crippen molar-refractivity contribution in [2.75, 3.05) is 13.2 Å². The Morgan fingerprint density at radius 1 is 0.974 bits per heavy atom. The number of fused-ring (bicyclic) bond motifs is 10. The van der Waals surface area contributed by atoms with E-state index in [9.17, 15) is 4.79 Å². The maximum Gasteiger partial charge on any atom is 0.410 e. The summed E-state index contributed by atoms with van der Waals surface area (Å²) >= 11 is 0. The predicted octanol–water partition coefficient (Wildman–Crippen LogP) is 6.85. The molecule has 4 heterocycles. The van der Waals surface area contributed by atoms with E-state index < -0.39 is 0 Å². The fourth-order valence-electron chi connectivity index (χ4n) is 5.71. The lowest BCUT2D eigenvalue weighted by Crippen LogP contribution is -2.36. The molecule has 0 fully saturated rings. The maximum atomic E-state index is 13.1. The highest BCUT2D eigenvalue weighted by molar-refractivity contribution is 6.24. The summed E-state index contributed by atoms with van der Waals surface area (Å²) in [5, 5.41) is 9.66. The summed E-state index contributed by atoms with van der Waals surface area (Å²) in [6.07, 6.45) is 2.35. The van der Waals surface area contributed by atoms with Crippen LogP contribution in [0.25, 0.3) is 38.1 Å². The average Bonchev–Trinajstić information content (AvgIpc) is 3.59. The summed E-state index contributed by atoms with van der Waals surface area (Å²) in [6, 6.07) is 22.4. The van der Waals surface area contributed by atoms with Crippen molar-refractivity contribution in [2.45, 2.75) is 33.4 Å². The van der Waals surface area contributed by atoms with Gasteiger partial charge in [0.2, 0.25) is 0 Å². The number of nitrogens with one attached hydrogen (secondary N) is 1. The molecule has 196 valence electrons. The molecule has 1 N–H and O–H groups in total. The molecule has 0 bridgehead atoms. The van der Waals surface area contributed by atoms with Crippen molar-refractivity contribution in [2.24, 2.45) is 5.92 Å². The van der Waals surface area contributed by atoms with Crippen molar-refractivity contribution < 1.29 is 14.3 Å².